The monoisotopic (exact) mass is 216 g/mol. The highest BCUT2D eigenvalue weighted by Gasteiger charge is 2.10. The van der Waals surface area contributed by atoms with Gasteiger partial charge in [-0.2, -0.15) is 0 Å². The molecule has 0 fully saturated rings. The van der Waals surface area contributed by atoms with E-state index in [9.17, 15) is 0 Å². The van der Waals surface area contributed by atoms with E-state index < -0.39 is 0 Å². The number of fused-ring (bicyclic) bond motifs is 1. The van der Waals surface area contributed by atoms with Crippen LogP contribution in [0.15, 0.2) is 29.8 Å². The summed E-state index contributed by atoms with van der Waals surface area (Å²) in [4.78, 5) is 4.51. The lowest BCUT2D eigenvalue weighted by Gasteiger charge is -2.13. The van der Waals surface area contributed by atoms with E-state index in [2.05, 4.69) is 33.9 Å². The van der Waals surface area contributed by atoms with E-state index in [4.69, 9.17) is 0 Å². The van der Waals surface area contributed by atoms with Crippen LogP contribution >= 0.6 is 11.3 Å². The molecule has 1 aliphatic heterocycles. The first-order valence-electron chi connectivity index (χ1n) is 5.17. The van der Waals surface area contributed by atoms with Crippen LogP contribution in [-0.4, -0.2) is 18.1 Å². The van der Waals surface area contributed by atoms with Crippen LogP contribution in [0.2, 0.25) is 0 Å². The maximum atomic E-state index is 4.51. The Kier molecular flexibility index (Phi) is 2.27. The SMILES string of the molecule is C1=C(c2nccc3sccc23)CCNC1. The van der Waals surface area contributed by atoms with Gasteiger partial charge in [0.2, 0.25) is 0 Å². The van der Waals surface area contributed by atoms with Crippen LogP contribution in [0.5, 0.6) is 0 Å². The molecular weight excluding hydrogens is 204 g/mol. The van der Waals surface area contributed by atoms with Crippen molar-refractivity contribution in [2.45, 2.75) is 6.42 Å². The third-order valence-electron chi connectivity index (χ3n) is 2.75. The average molecular weight is 216 g/mol. The quantitative estimate of drug-likeness (QED) is 0.792. The molecule has 0 amide bonds. The van der Waals surface area contributed by atoms with Crippen molar-refractivity contribution in [3.05, 3.63) is 35.5 Å². The van der Waals surface area contributed by atoms with Crippen molar-refractivity contribution in [1.82, 2.24) is 10.3 Å². The smallest absolute Gasteiger partial charge is 0.0746 e. The number of nitrogens with zero attached hydrogens (tertiary/aromatic N) is 1. The van der Waals surface area contributed by atoms with E-state index in [1.807, 2.05) is 6.20 Å². The molecule has 0 saturated carbocycles. The molecule has 0 saturated heterocycles. The minimum absolute atomic E-state index is 0.970. The number of aromatic nitrogens is 1. The molecule has 3 rings (SSSR count). The maximum absolute atomic E-state index is 4.51. The van der Waals surface area contributed by atoms with E-state index in [1.165, 1.54) is 21.4 Å². The molecule has 3 heteroatoms. The number of nitrogens with one attached hydrogen (secondary N) is 1. The highest BCUT2D eigenvalue weighted by atomic mass is 32.1. The number of hydrogen-bond acceptors (Lipinski definition) is 3. The first kappa shape index (κ1) is 9.07. The summed E-state index contributed by atoms with van der Waals surface area (Å²) in [5.41, 5.74) is 2.56. The molecule has 0 radical (unpaired) electrons. The highest BCUT2D eigenvalue weighted by molar-refractivity contribution is 7.17. The standard InChI is InChI=1S/C12H12N2S/c1-5-13-6-2-9(1)12-10-4-8-15-11(10)3-7-14-12/h1,3-4,7-8,13H,2,5-6H2. The molecular formula is C12H12N2S. The molecule has 2 aromatic heterocycles. The Morgan fingerprint density at radius 3 is 3.20 bits per heavy atom. The largest absolute Gasteiger partial charge is 0.313 e. The molecule has 0 atom stereocenters. The third-order valence-corrected chi connectivity index (χ3v) is 3.63. The van der Waals surface area contributed by atoms with Gasteiger partial charge in [0.05, 0.1) is 5.69 Å². The van der Waals surface area contributed by atoms with Crippen molar-refractivity contribution in [3.8, 4) is 0 Å². The Hall–Kier alpha value is -1.19. The van der Waals surface area contributed by atoms with Crippen LogP contribution in [0.1, 0.15) is 12.1 Å². The zero-order valence-electron chi connectivity index (χ0n) is 8.36. The van der Waals surface area contributed by atoms with E-state index in [-0.39, 0.29) is 0 Å². The number of rotatable bonds is 1. The van der Waals surface area contributed by atoms with E-state index >= 15 is 0 Å². The predicted octanol–water partition coefficient (Wildman–Crippen LogP) is 2.67. The Bertz CT molecular complexity index is 513. The molecule has 15 heavy (non-hydrogen) atoms. The zero-order chi connectivity index (χ0) is 10.1. The van der Waals surface area contributed by atoms with Crippen LogP contribution < -0.4 is 5.32 Å². The Morgan fingerprint density at radius 2 is 2.33 bits per heavy atom. The summed E-state index contributed by atoms with van der Waals surface area (Å²) >= 11 is 1.78. The zero-order valence-corrected chi connectivity index (χ0v) is 9.18. The van der Waals surface area contributed by atoms with Crippen molar-refractivity contribution >= 4 is 27.0 Å². The van der Waals surface area contributed by atoms with Gasteiger partial charge in [0.1, 0.15) is 0 Å². The van der Waals surface area contributed by atoms with Crippen molar-refractivity contribution in [2.24, 2.45) is 0 Å². The van der Waals surface area contributed by atoms with Crippen molar-refractivity contribution in [1.29, 1.82) is 0 Å². The summed E-state index contributed by atoms with van der Waals surface area (Å²) < 4.78 is 1.33. The second-order valence-corrected chi connectivity index (χ2v) is 4.62. The molecule has 0 unspecified atom stereocenters. The summed E-state index contributed by atoms with van der Waals surface area (Å²) in [7, 11) is 0. The molecule has 1 aliphatic rings. The second-order valence-electron chi connectivity index (χ2n) is 3.68. The lowest BCUT2D eigenvalue weighted by atomic mass is 10.0. The maximum Gasteiger partial charge on any atom is 0.0746 e. The van der Waals surface area contributed by atoms with Crippen molar-refractivity contribution < 1.29 is 0 Å². The molecule has 0 bridgehead atoms. The summed E-state index contributed by atoms with van der Waals surface area (Å²) in [6.45, 7) is 2.03. The van der Waals surface area contributed by atoms with Crippen LogP contribution in [-0.2, 0) is 0 Å². The molecule has 1 N–H and O–H groups in total. The van der Waals surface area contributed by atoms with Crippen LogP contribution in [0.3, 0.4) is 0 Å². The van der Waals surface area contributed by atoms with Gasteiger partial charge < -0.3 is 5.32 Å². The van der Waals surface area contributed by atoms with E-state index in [1.54, 1.807) is 11.3 Å². The van der Waals surface area contributed by atoms with Gasteiger partial charge in [0.15, 0.2) is 0 Å². The lowest BCUT2D eigenvalue weighted by Crippen LogP contribution is -2.20. The third kappa shape index (κ3) is 1.58. The van der Waals surface area contributed by atoms with Crippen molar-refractivity contribution in [3.63, 3.8) is 0 Å². The summed E-state index contributed by atoms with van der Waals surface area (Å²) in [5.74, 6) is 0. The molecule has 0 aromatic carbocycles. The fraction of sp³-hybridized carbons (Fsp3) is 0.250. The summed E-state index contributed by atoms with van der Waals surface area (Å²) in [5, 5.41) is 6.76. The van der Waals surface area contributed by atoms with E-state index in [0.717, 1.165) is 19.5 Å². The Morgan fingerprint density at radius 1 is 1.33 bits per heavy atom. The first-order chi connectivity index (χ1) is 7.45. The normalized spacial score (nSPS) is 16.7. The minimum atomic E-state index is 0.970. The topological polar surface area (TPSA) is 24.9 Å². The fourth-order valence-corrected chi connectivity index (χ4v) is 2.77. The number of thiophene rings is 1. The lowest BCUT2D eigenvalue weighted by molar-refractivity contribution is 0.737. The minimum Gasteiger partial charge on any atom is -0.313 e. The van der Waals surface area contributed by atoms with Gasteiger partial charge >= 0.3 is 0 Å². The number of pyridine rings is 1. The van der Waals surface area contributed by atoms with Gasteiger partial charge in [-0.15, -0.1) is 11.3 Å². The molecule has 0 aliphatic carbocycles. The Labute approximate surface area is 92.7 Å². The summed E-state index contributed by atoms with van der Waals surface area (Å²) in [6, 6.07) is 4.26. The number of hydrogen-bond donors (Lipinski definition) is 1. The van der Waals surface area contributed by atoms with Gasteiger partial charge in [-0.25, -0.2) is 0 Å². The van der Waals surface area contributed by atoms with Crippen molar-refractivity contribution in [2.75, 3.05) is 13.1 Å². The van der Waals surface area contributed by atoms with E-state index in [0.29, 0.717) is 0 Å². The molecule has 76 valence electrons. The predicted molar refractivity (Wildman–Crippen MR) is 65.1 cm³/mol. The Balaban J connectivity index is 2.17. The highest BCUT2D eigenvalue weighted by Crippen LogP contribution is 2.28. The molecule has 3 heterocycles. The van der Waals surface area contributed by atoms with Gasteiger partial charge in [0, 0.05) is 22.8 Å². The fourth-order valence-electron chi connectivity index (χ4n) is 1.99. The van der Waals surface area contributed by atoms with Gasteiger partial charge in [-0.05, 0) is 36.1 Å². The van der Waals surface area contributed by atoms with Crippen LogP contribution in [0, 0.1) is 0 Å². The molecule has 0 spiro atoms. The van der Waals surface area contributed by atoms with Crippen LogP contribution in [0.4, 0.5) is 0 Å². The van der Waals surface area contributed by atoms with Crippen LogP contribution in [0.25, 0.3) is 15.7 Å². The van der Waals surface area contributed by atoms with Gasteiger partial charge in [0.25, 0.3) is 0 Å². The first-order valence-corrected chi connectivity index (χ1v) is 6.05. The average Bonchev–Trinajstić information content (AvgIpc) is 2.78. The molecule has 2 aromatic rings. The van der Waals surface area contributed by atoms with Gasteiger partial charge in [-0.3, -0.25) is 4.98 Å². The second kappa shape index (κ2) is 3.76. The molecule has 2 nitrogen and oxygen atoms in total. The van der Waals surface area contributed by atoms with Gasteiger partial charge in [-0.1, -0.05) is 6.08 Å². The summed E-state index contributed by atoms with van der Waals surface area (Å²) in [6.07, 6.45) is 5.25.